The lowest BCUT2D eigenvalue weighted by molar-refractivity contribution is 0.0939. The maximum Gasteiger partial charge on any atom is 0.251 e. The topological polar surface area (TPSA) is 29.1 Å². The largest absolute Gasteiger partial charge is 0.351 e. The fourth-order valence-corrected chi connectivity index (χ4v) is 1.62. The Morgan fingerprint density at radius 2 is 2.00 bits per heavy atom. The van der Waals surface area contributed by atoms with Gasteiger partial charge in [-0.25, -0.2) is 0 Å². The molecule has 0 aliphatic carbocycles. The van der Waals surface area contributed by atoms with E-state index in [2.05, 4.69) is 5.32 Å². The number of nitrogens with one attached hydrogen (secondary N) is 1. The van der Waals surface area contributed by atoms with Crippen LogP contribution < -0.4 is 5.32 Å². The average Bonchev–Trinajstić information content (AvgIpc) is 2.26. The van der Waals surface area contributed by atoms with Gasteiger partial charge in [-0.05, 0) is 30.9 Å². The SMILES string of the molecule is Cc1ccc(C(=O)NCC(C)(C)CCl)c(C)c1. The van der Waals surface area contributed by atoms with Crippen LogP contribution in [0.3, 0.4) is 0 Å². The number of carbonyl (C=O) groups excluding carboxylic acids is 1. The molecular weight excluding hydrogens is 234 g/mol. The predicted octanol–water partition coefficient (Wildman–Crippen LogP) is 3.30. The van der Waals surface area contributed by atoms with Crippen molar-refractivity contribution in [3.05, 3.63) is 34.9 Å². The van der Waals surface area contributed by atoms with Crippen molar-refractivity contribution in [2.24, 2.45) is 5.41 Å². The van der Waals surface area contributed by atoms with Crippen LogP contribution in [0.2, 0.25) is 0 Å². The van der Waals surface area contributed by atoms with Gasteiger partial charge in [0.2, 0.25) is 0 Å². The van der Waals surface area contributed by atoms with Gasteiger partial charge < -0.3 is 5.32 Å². The Hall–Kier alpha value is -1.02. The van der Waals surface area contributed by atoms with Crippen LogP contribution in [0.15, 0.2) is 18.2 Å². The van der Waals surface area contributed by atoms with E-state index >= 15 is 0 Å². The van der Waals surface area contributed by atoms with Gasteiger partial charge in [0.1, 0.15) is 0 Å². The lowest BCUT2D eigenvalue weighted by Gasteiger charge is -2.21. The lowest BCUT2D eigenvalue weighted by Crippen LogP contribution is -2.35. The van der Waals surface area contributed by atoms with E-state index in [1.807, 2.05) is 45.9 Å². The predicted molar refractivity (Wildman–Crippen MR) is 72.8 cm³/mol. The van der Waals surface area contributed by atoms with Crippen molar-refractivity contribution in [1.29, 1.82) is 0 Å². The minimum Gasteiger partial charge on any atom is -0.351 e. The first-order valence-corrected chi connectivity index (χ1v) is 6.30. The molecule has 0 atom stereocenters. The summed E-state index contributed by atoms with van der Waals surface area (Å²) in [7, 11) is 0. The molecule has 0 spiro atoms. The highest BCUT2D eigenvalue weighted by Crippen LogP contribution is 2.16. The molecule has 0 radical (unpaired) electrons. The first-order chi connectivity index (χ1) is 7.85. The second kappa shape index (κ2) is 5.54. The summed E-state index contributed by atoms with van der Waals surface area (Å²) in [5.41, 5.74) is 2.84. The van der Waals surface area contributed by atoms with Crippen LogP contribution in [-0.4, -0.2) is 18.3 Å². The van der Waals surface area contributed by atoms with Crippen LogP contribution in [-0.2, 0) is 0 Å². The van der Waals surface area contributed by atoms with Crippen molar-refractivity contribution in [2.75, 3.05) is 12.4 Å². The second-order valence-electron chi connectivity index (χ2n) is 5.30. The van der Waals surface area contributed by atoms with Gasteiger partial charge in [0.25, 0.3) is 5.91 Å². The summed E-state index contributed by atoms with van der Waals surface area (Å²) < 4.78 is 0. The molecule has 0 unspecified atom stereocenters. The van der Waals surface area contributed by atoms with Crippen molar-refractivity contribution in [3.8, 4) is 0 Å². The summed E-state index contributed by atoms with van der Waals surface area (Å²) in [5, 5.41) is 2.93. The van der Waals surface area contributed by atoms with Gasteiger partial charge in [-0.2, -0.15) is 0 Å². The molecule has 0 aliphatic rings. The molecule has 0 fully saturated rings. The Morgan fingerprint density at radius 3 is 2.53 bits per heavy atom. The average molecular weight is 254 g/mol. The van der Waals surface area contributed by atoms with Crippen molar-refractivity contribution in [2.45, 2.75) is 27.7 Å². The van der Waals surface area contributed by atoms with E-state index in [0.717, 1.165) is 11.1 Å². The zero-order valence-electron chi connectivity index (χ0n) is 10.9. The third-order valence-corrected chi connectivity index (χ3v) is 3.44. The van der Waals surface area contributed by atoms with Crippen molar-refractivity contribution < 1.29 is 4.79 Å². The molecule has 1 aromatic rings. The molecular formula is C14H20ClNO. The van der Waals surface area contributed by atoms with Crippen LogP contribution >= 0.6 is 11.6 Å². The maximum atomic E-state index is 12.0. The van der Waals surface area contributed by atoms with E-state index in [-0.39, 0.29) is 11.3 Å². The zero-order valence-corrected chi connectivity index (χ0v) is 11.7. The minimum absolute atomic E-state index is 0.0271. The second-order valence-corrected chi connectivity index (χ2v) is 5.57. The lowest BCUT2D eigenvalue weighted by atomic mass is 9.96. The molecule has 0 aromatic heterocycles. The summed E-state index contributed by atoms with van der Waals surface area (Å²) in [6.45, 7) is 8.62. The summed E-state index contributed by atoms with van der Waals surface area (Å²) in [5.74, 6) is 0.501. The molecule has 0 saturated heterocycles. The number of aryl methyl sites for hydroxylation is 2. The molecule has 2 nitrogen and oxygen atoms in total. The van der Waals surface area contributed by atoms with Crippen LogP contribution in [0, 0.1) is 19.3 Å². The van der Waals surface area contributed by atoms with E-state index in [1.54, 1.807) is 0 Å². The van der Waals surface area contributed by atoms with Crippen molar-refractivity contribution >= 4 is 17.5 Å². The van der Waals surface area contributed by atoms with Crippen LogP contribution in [0.5, 0.6) is 0 Å². The fraction of sp³-hybridized carbons (Fsp3) is 0.500. The molecule has 17 heavy (non-hydrogen) atoms. The molecule has 1 N–H and O–H groups in total. The highest BCUT2D eigenvalue weighted by atomic mass is 35.5. The Labute approximate surface area is 108 Å². The Kier molecular flexibility index (Phi) is 4.58. The third-order valence-electron chi connectivity index (χ3n) is 2.72. The van der Waals surface area contributed by atoms with Crippen molar-refractivity contribution in [3.63, 3.8) is 0 Å². The number of benzene rings is 1. The van der Waals surface area contributed by atoms with Gasteiger partial charge >= 0.3 is 0 Å². The Morgan fingerprint density at radius 1 is 1.35 bits per heavy atom. The summed E-state index contributed by atoms with van der Waals surface area (Å²) >= 11 is 5.82. The molecule has 94 valence electrons. The van der Waals surface area contributed by atoms with E-state index in [0.29, 0.717) is 12.4 Å². The zero-order chi connectivity index (χ0) is 13.1. The van der Waals surface area contributed by atoms with E-state index in [4.69, 9.17) is 11.6 Å². The molecule has 0 saturated carbocycles. The molecule has 1 aromatic carbocycles. The first kappa shape index (κ1) is 14.0. The molecule has 1 rings (SSSR count). The third kappa shape index (κ3) is 4.04. The van der Waals surface area contributed by atoms with Gasteiger partial charge in [-0.3, -0.25) is 4.79 Å². The number of halogens is 1. The number of rotatable bonds is 4. The number of amides is 1. The smallest absolute Gasteiger partial charge is 0.251 e. The van der Waals surface area contributed by atoms with E-state index in [1.165, 1.54) is 5.56 Å². The molecule has 0 heterocycles. The number of hydrogen-bond donors (Lipinski definition) is 1. The maximum absolute atomic E-state index is 12.0. The van der Waals surface area contributed by atoms with Gasteiger partial charge in [-0.1, -0.05) is 31.5 Å². The highest BCUT2D eigenvalue weighted by Gasteiger charge is 2.18. The van der Waals surface area contributed by atoms with E-state index < -0.39 is 0 Å². The highest BCUT2D eigenvalue weighted by molar-refractivity contribution is 6.18. The Bertz CT molecular complexity index is 413. The van der Waals surface area contributed by atoms with Crippen molar-refractivity contribution in [1.82, 2.24) is 5.32 Å². The monoisotopic (exact) mass is 253 g/mol. The van der Waals surface area contributed by atoms with Gasteiger partial charge in [0.15, 0.2) is 0 Å². The first-order valence-electron chi connectivity index (χ1n) is 5.77. The summed E-state index contributed by atoms with van der Waals surface area (Å²) in [4.78, 5) is 12.0. The summed E-state index contributed by atoms with van der Waals surface area (Å²) in [6, 6.07) is 5.84. The van der Waals surface area contributed by atoms with Crippen LogP contribution in [0.4, 0.5) is 0 Å². The van der Waals surface area contributed by atoms with Gasteiger partial charge in [0.05, 0.1) is 0 Å². The molecule has 3 heteroatoms. The fourth-order valence-electron chi connectivity index (χ4n) is 1.53. The van der Waals surface area contributed by atoms with Crippen LogP contribution in [0.25, 0.3) is 0 Å². The number of alkyl halides is 1. The molecule has 0 bridgehead atoms. The normalized spacial score (nSPS) is 11.4. The quantitative estimate of drug-likeness (QED) is 0.820. The molecule has 0 aliphatic heterocycles. The van der Waals surface area contributed by atoms with Crippen LogP contribution in [0.1, 0.15) is 35.3 Å². The minimum atomic E-state index is -0.0736. The summed E-state index contributed by atoms with van der Waals surface area (Å²) in [6.07, 6.45) is 0. The van der Waals surface area contributed by atoms with Gasteiger partial charge in [-0.15, -0.1) is 11.6 Å². The number of carbonyl (C=O) groups is 1. The standard InChI is InChI=1S/C14H20ClNO/c1-10-5-6-12(11(2)7-10)13(17)16-9-14(3,4)8-15/h5-7H,8-9H2,1-4H3,(H,16,17). The number of hydrogen-bond acceptors (Lipinski definition) is 1. The van der Waals surface area contributed by atoms with E-state index in [9.17, 15) is 4.79 Å². The Balaban J connectivity index is 2.71. The molecule has 1 amide bonds. The van der Waals surface area contributed by atoms with Gasteiger partial charge in [0, 0.05) is 18.0 Å².